The van der Waals surface area contributed by atoms with Crippen LogP contribution in [-0.4, -0.2) is 136 Å². The van der Waals surface area contributed by atoms with Crippen LogP contribution in [0.15, 0.2) is 59.7 Å². The summed E-state index contributed by atoms with van der Waals surface area (Å²) < 4.78 is 0. The van der Waals surface area contributed by atoms with Crippen LogP contribution in [0.25, 0.3) is 10.9 Å². The molecule has 1 saturated heterocycles. The Labute approximate surface area is 383 Å². The Morgan fingerprint density at radius 1 is 0.803 bits per heavy atom. The van der Waals surface area contributed by atoms with Crippen molar-refractivity contribution in [2.24, 2.45) is 33.8 Å². The van der Waals surface area contributed by atoms with E-state index in [-0.39, 0.29) is 68.6 Å². The Kier molecular flexibility index (Phi) is 19.9. The van der Waals surface area contributed by atoms with E-state index in [4.69, 9.17) is 22.9 Å². The van der Waals surface area contributed by atoms with Crippen LogP contribution in [0.3, 0.4) is 0 Å². The summed E-state index contributed by atoms with van der Waals surface area (Å²) in [4.78, 5) is 105. The lowest BCUT2D eigenvalue weighted by atomic mass is 9.99. The molecule has 21 nitrogen and oxygen atoms in total. The van der Waals surface area contributed by atoms with Crippen LogP contribution >= 0.6 is 0 Å². The molecule has 4 rings (SSSR count). The van der Waals surface area contributed by atoms with Crippen molar-refractivity contribution < 1.29 is 43.8 Å². The third kappa shape index (κ3) is 15.3. The van der Waals surface area contributed by atoms with Gasteiger partial charge in [0.2, 0.25) is 35.4 Å². The maximum atomic E-state index is 14.6. The molecule has 1 aromatic heterocycles. The number of guanidine groups is 1. The molecule has 16 N–H and O–H groups in total. The summed E-state index contributed by atoms with van der Waals surface area (Å²) in [5.74, 6) is -4.88. The number of aromatic hydroxyl groups is 1. The predicted molar refractivity (Wildman–Crippen MR) is 247 cm³/mol. The van der Waals surface area contributed by atoms with Crippen molar-refractivity contribution in [3.05, 3.63) is 65.9 Å². The van der Waals surface area contributed by atoms with Crippen LogP contribution < -0.4 is 49.5 Å². The number of carbonyl (C=O) groups is 7. The smallest absolute Gasteiger partial charge is 0.245 e. The van der Waals surface area contributed by atoms with E-state index in [1.807, 2.05) is 38.1 Å². The summed E-state index contributed by atoms with van der Waals surface area (Å²) in [5, 5.41) is 34.0. The van der Waals surface area contributed by atoms with Gasteiger partial charge in [-0.05, 0) is 80.8 Å². The number of aromatic amines is 1. The molecule has 2 heterocycles. The summed E-state index contributed by atoms with van der Waals surface area (Å²) in [6.07, 6.45) is 3.13. The second kappa shape index (κ2) is 25.2. The van der Waals surface area contributed by atoms with Crippen molar-refractivity contribution in [3.8, 4) is 5.75 Å². The number of H-pyrrole nitrogens is 1. The van der Waals surface area contributed by atoms with E-state index in [0.29, 0.717) is 36.9 Å². The average Bonchev–Trinajstić information content (AvgIpc) is 3.94. The number of nitrogens with two attached hydrogens (primary N) is 4. The highest BCUT2D eigenvalue weighted by Crippen LogP contribution is 2.23. The average molecular weight is 919 g/mol. The summed E-state index contributed by atoms with van der Waals surface area (Å²) in [7, 11) is 0. The van der Waals surface area contributed by atoms with Gasteiger partial charge in [-0.2, -0.15) is 0 Å². The van der Waals surface area contributed by atoms with Crippen molar-refractivity contribution in [2.45, 2.75) is 114 Å². The molecular weight excluding hydrogens is 853 g/mol. The Morgan fingerprint density at radius 3 is 2.02 bits per heavy atom. The second-order valence-electron chi connectivity index (χ2n) is 17.0. The van der Waals surface area contributed by atoms with E-state index < -0.39 is 84.3 Å². The standard InChI is InChI=1S/C45H66N12O9/c1-25(2)20-33(40(62)52-32(10-6-18-50-45(48)49)44(66)57-19-7-11-37(57)38(60)16-17-46)53-42(64)35(22-28-23-51-31-9-5-4-8-30(28)31)55-41(63)34(21-27-12-14-29(59)15-13-27)54-43(65)36(24-58)56-39(61)26(3)47/h4-5,8-9,12-15,23,25-26,32-37,51,58-59H,6-7,10-11,16-22,24,46-47H2,1-3H3,(H,52,62)(H,53,64)(H,54,65)(H,55,63)(H,56,61)(H4,48,49,50)/t26-,32-,33-,34-,35+,36-,37-/m0/s1. The molecule has 0 unspecified atom stereocenters. The van der Waals surface area contributed by atoms with Gasteiger partial charge in [0.15, 0.2) is 11.7 Å². The van der Waals surface area contributed by atoms with Gasteiger partial charge < -0.3 is 69.6 Å². The molecule has 1 aliphatic heterocycles. The van der Waals surface area contributed by atoms with Crippen LogP contribution in [0.5, 0.6) is 5.75 Å². The zero-order valence-corrected chi connectivity index (χ0v) is 37.8. The van der Waals surface area contributed by atoms with Gasteiger partial charge in [-0.15, -0.1) is 0 Å². The summed E-state index contributed by atoms with van der Waals surface area (Å²) in [6, 6.07) is 4.92. The van der Waals surface area contributed by atoms with E-state index >= 15 is 0 Å². The number of fused-ring (bicyclic) bond motifs is 1. The lowest BCUT2D eigenvalue weighted by Crippen LogP contribution is -2.60. The van der Waals surface area contributed by atoms with E-state index in [1.165, 1.54) is 36.1 Å². The van der Waals surface area contributed by atoms with Gasteiger partial charge in [0.25, 0.3) is 0 Å². The van der Waals surface area contributed by atoms with E-state index in [2.05, 4.69) is 36.6 Å². The number of nitrogens with zero attached hydrogens (tertiary/aromatic N) is 2. The molecule has 1 aliphatic rings. The van der Waals surface area contributed by atoms with Crippen molar-refractivity contribution in [1.82, 2.24) is 36.5 Å². The van der Waals surface area contributed by atoms with Crippen molar-refractivity contribution in [3.63, 3.8) is 0 Å². The number of nitrogens with one attached hydrogen (secondary N) is 6. The fourth-order valence-corrected chi connectivity index (χ4v) is 7.73. The molecule has 0 bridgehead atoms. The Bertz CT molecular complexity index is 2170. The lowest BCUT2D eigenvalue weighted by molar-refractivity contribution is -0.141. The topological polar surface area (TPSA) is 356 Å². The highest BCUT2D eigenvalue weighted by atomic mass is 16.3. The number of aliphatic hydroxyl groups is 1. The molecule has 0 spiro atoms. The molecular formula is C45H66N12O9. The number of phenols is 1. The summed E-state index contributed by atoms with van der Waals surface area (Å²) in [5.41, 5.74) is 24.3. The number of hydrogen-bond donors (Lipinski definition) is 12. The number of likely N-dealkylation sites (tertiary alicyclic amines) is 1. The molecule has 3 aromatic rings. The van der Waals surface area contributed by atoms with E-state index in [0.717, 1.165) is 10.9 Å². The number of para-hydroxylation sites is 1. The molecule has 0 aliphatic carbocycles. The first kappa shape index (κ1) is 52.0. The summed E-state index contributed by atoms with van der Waals surface area (Å²) >= 11 is 0. The maximum Gasteiger partial charge on any atom is 0.245 e. The van der Waals surface area contributed by atoms with Crippen molar-refractivity contribution in [2.75, 3.05) is 26.2 Å². The second-order valence-corrected chi connectivity index (χ2v) is 17.0. The lowest BCUT2D eigenvalue weighted by Gasteiger charge is -2.30. The zero-order chi connectivity index (χ0) is 48.5. The molecule has 7 atom stereocenters. The van der Waals surface area contributed by atoms with Gasteiger partial charge in [0.05, 0.1) is 18.7 Å². The van der Waals surface area contributed by atoms with Crippen LogP contribution in [0.1, 0.15) is 70.4 Å². The molecule has 0 radical (unpaired) electrons. The Morgan fingerprint density at radius 2 is 1.39 bits per heavy atom. The van der Waals surface area contributed by atoms with E-state index in [1.54, 1.807) is 6.20 Å². The first-order valence-electron chi connectivity index (χ1n) is 22.2. The van der Waals surface area contributed by atoms with Gasteiger partial charge in [0.1, 0.15) is 36.0 Å². The van der Waals surface area contributed by atoms with Gasteiger partial charge >= 0.3 is 0 Å². The molecule has 21 heteroatoms. The Balaban J connectivity index is 1.66. The number of rotatable bonds is 25. The first-order chi connectivity index (χ1) is 31.4. The minimum Gasteiger partial charge on any atom is -0.508 e. The quantitative estimate of drug-likeness (QED) is 0.0260. The van der Waals surface area contributed by atoms with Gasteiger partial charge in [-0.25, -0.2) is 0 Å². The SMILES string of the molecule is CC(C)C[C@H](NC(=O)[C@@H](Cc1c[nH]c2ccccc12)NC(=O)[C@H](Cc1ccc(O)cc1)NC(=O)[C@H](CO)NC(=O)[C@H](C)N)C(=O)N[C@@H](CCCN=C(N)N)C(=O)N1CCC[C@H]1C(=O)CCN. The number of benzene rings is 2. The normalized spacial score (nSPS) is 16.3. The number of aromatic nitrogens is 1. The van der Waals surface area contributed by atoms with Gasteiger partial charge in [0, 0.05) is 49.5 Å². The molecule has 360 valence electrons. The monoisotopic (exact) mass is 919 g/mol. The molecule has 0 saturated carbocycles. The fraction of sp³-hybridized carbons (Fsp3) is 0.511. The number of carbonyl (C=O) groups excluding carboxylic acids is 7. The molecule has 1 fully saturated rings. The highest BCUT2D eigenvalue weighted by molar-refractivity contribution is 5.98. The Hall–Kier alpha value is -6.58. The van der Waals surface area contributed by atoms with Crippen molar-refractivity contribution in [1.29, 1.82) is 0 Å². The molecule has 2 aromatic carbocycles. The first-order valence-corrected chi connectivity index (χ1v) is 22.2. The number of amides is 6. The minimum absolute atomic E-state index is 0.0438. The molecule has 66 heavy (non-hydrogen) atoms. The highest BCUT2D eigenvalue weighted by Gasteiger charge is 2.38. The summed E-state index contributed by atoms with van der Waals surface area (Å²) in [6.45, 7) is 4.86. The number of hydrogen-bond acceptors (Lipinski definition) is 12. The van der Waals surface area contributed by atoms with Crippen LogP contribution in [0.2, 0.25) is 0 Å². The fourth-order valence-electron chi connectivity index (χ4n) is 7.73. The third-order valence-electron chi connectivity index (χ3n) is 11.2. The number of phenolic OH excluding ortho intramolecular Hbond substituents is 1. The minimum atomic E-state index is -1.48. The molecule has 6 amide bonds. The largest absolute Gasteiger partial charge is 0.508 e. The van der Waals surface area contributed by atoms with E-state index in [9.17, 15) is 43.8 Å². The maximum absolute atomic E-state index is 14.6. The van der Waals surface area contributed by atoms with Crippen LogP contribution in [-0.2, 0) is 46.4 Å². The predicted octanol–water partition coefficient (Wildman–Crippen LogP) is -1.57. The number of ketones is 1. The van der Waals surface area contributed by atoms with Crippen LogP contribution in [0, 0.1) is 5.92 Å². The number of aliphatic hydroxyl groups excluding tert-OH is 1. The van der Waals surface area contributed by atoms with Gasteiger partial charge in [-0.1, -0.05) is 44.2 Å². The number of Topliss-reactive ketones (excluding diaryl/α,β-unsaturated/α-hetero) is 1. The number of aliphatic imine (C=N–C) groups is 1. The zero-order valence-electron chi connectivity index (χ0n) is 37.8. The van der Waals surface area contributed by atoms with Crippen molar-refractivity contribution >= 4 is 58.1 Å². The van der Waals surface area contributed by atoms with Crippen LogP contribution in [0.4, 0.5) is 0 Å². The third-order valence-corrected chi connectivity index (χ3v) is 11.2. The van der Waals surface area contributed by atoms with Gasteiger partial charge in [-0.3, -0.25) is 38.6 Å².